The summed E-state index contributed by atoms with van der Waals surface area (Å²) in [6.07, 6.45) is 6.20. The molecule has 2 atom stereocenters. The molecular weight excluding hydrogens is 436 g/mol. The van der Waals surface area contributed by atoms with E-state index >= 15 is 0 Å². The van der Waals surface area contributed by atoms with E-state index in [1.54, 1.807) is 41.2 Å². The maximum atomic E-state index is 13.4. The highest BCUT2D eigenvalue weighted by Crippen LogP contribution is 2.27. The number of rotatable bonds is 5. The average molecular weight is 471 g/mol. The predicted molar refractivity (Wildman–Crippen MR) is 125 cm³/mol. The first-order valence-corrected chi connectivity index (χ1v) is 12.3. The third-order valence-corrected chi connectivity index (χ3v) is 7.15. The Morgan fingerprint density at radius 1 is 1.00 bits per heavy atom. The second-order valence-corrected chi connectivity index (χ2v) is 9.36. The third kappa shape index (κ3) is 5.34. The fraction of sp³-hybridized carbons (Fsp3) is 0.600. The number of carbonyl (C=O) groups excluding carboxylic acids is 4. The Bertz CT molecular complexity index is 912. The number of hydrogen-bond donors (Lipinski definition) is 2. The zero-order valence-electron chi connectivity index (χ0n) is 19.8. The number of piperazine rings is 1. The van der Waals surface area contributed by atoms with Crippen molar-refractivity contribution in [2.45, 2.75) is 57.0 Å². The Balaban J connectivity index is 1.51. The molecule has 9 heteroatoms. The van der Waals surface area contributed by atoms with Gasteiger partial charge < -0.3 is 25.2 Å². The topological polar surface area (TPSA) is 108 Å². The molecule has 1 aromatic rings. The van der Waals surface area contributed by atoms with Gasteiger partial charge in [0.15, 0.2) is 0 Å². The molecule has 34 heavy (non-hydrogen) atoms. The number of carbonyl (C=O) groups is 4. The summed E-state index contributed by atoms with van der Waals surface area (Å²) in [5, 5.41) is 5.62. The van der Waals surface area contributed by atoms with Gasteiger partial charge in [-0.05, 0) is 49.9 Å². The second-order valence-electron chi connectivity index (χ2n) is 9.36. The van der Waals surface area contributed by atoms with Crippen molar-refractivity contribution in [3.63, 3.8) is 0 Å². The fourth-order valence-electron chi connectivity index (χ4n) is 5.13. The van der Waals surface area contributed by atoms with Crippen molar-refractivity contribution in [1.82, 2.24) is 20.4 Å². The van der Waals surface area contributed by atoms with Crippen LogP contribution >= 0.6 is 0 Å². The molecule has 2 aliphatic heterocycles. The van der Waals surface area contributed by atoms with Crippen LogP contribution in [0.15, 0.2) is 24.3 Å². The molecule has 0 unspecified atom stereocenters. The van der Waals surface area contributed by atoms with Crippen molar-refractivity contribution in [1.29, 1.82) is 0 Å². The van der Waals surface area contributed by atoms with Crippen molar-refractivity contribution < 1.29 is 23.9 Å². The number of hydrogen-bond acceptors (Lipinski definition) is 5. The number of nitrogens with one attached hydrogen (secondary N) is 2. The maximum absolute atomic E-state index is 13.4. The van der Waals surface area contributed by atoms with E-state index < -0.39 is 12.1 Å². The van der Waals surface area contributed by atoms with E-state index in [4.69, 9.17) is 4.74 Å². The Labute approximate surface area is 200 Å². The first-order valence-electron chi connectivity index (χ1n) is 12.3. The van der Waals surface area contributed by atoms with Gasteiger partial charge >= 0.3 is 0 Å². The minimum absolute atomic E-state index is 0.00973. The Morgan fingerprint density at radius 2 is 1.74 bits per heavy atom. The molecule has 9 nitrogen and oxygen atoms in total. The summed E-state index contributed by atoms with van der Waals surface area (Å²) in [7, 11) is 1.56. The highest BCUT2D eigenvalue weighted by molar-refractivity contribution is 5.97. The van der Waals surface area contributed by atoms with Gasteiger partial charge in [-0.1, -0.05) is 19.3 Å². The molecule has 2 N–H and O–H groups in total. The molecule has 2 heterocycles. The van der Waals surface area contributed by atoms with Gasteiger partial charge in [0.05, 0.1) is 13.7 Å². The van der Waals surface area contributed by atoms with Crippen molar-refractivity contribution in [3.05, 3.63) is 29.8 Å². The standard InChI is InChI=1S/C25H34N4O5/c1-34-19-11-9-18(10-12-19)24(32)28-14-15-29(25(33)17-6-3-2-4-7-17)21(16-28)23(31)27-20-8-5-13-26-22(20)30/h9-12,17,20-21H,2-8,13-16H2,1H3,(H,26,30)(H,27,31)/t20-,21+/m0/s1. The number of methoxy groups -OCH3 is 1. The summed E-state index contributed by atoms with van der Waals surface area (Å²) >= 11 is 0. The summed E-state index contributed by atoms with van der Waals surface area (Å²) in [6.45, 7) is 1.36. The SMILES string of the molecule is COc1ccc(C(=O)N2CCN(C(=O)C3CCCCC3)[C@@H](C(=O)N[C@H]3CCCNC3=O)C2)cc1. The van der Waals surface area contributed by atoms with Gasteiger partial charge in [0, 0.05) is 31.1 Å². The van der Waals surface area contributed by atoms with E-state index in [0.29, 0.717) is 37.4 Å². The molecule has 0 bridgehead atoms. The van der Waals surface area contributed by atoms with Crippen LogP contribution < -0.4 is 15.4 Å². The second kappa shape index (κ2) is 10.9. The molecule has 184 valence electrons. The summed E-state index contributed by atoms with van der Waals surface area (Å²) in [6, 6.07) is 5.41. The molecule has 4 amide bonds. The van der Waals surface area contributed by atoms with Crippen LogP contribution in [0.4, 0.5) is 0 Å². The van der Waals surface area contributed by atoms with E-state index in [1.807, 2.05) is 0 Å². The molecule has 1 aromatic carbocycles. The Kier molecular flexibility index (Phi) is 7.70. The third-order valence-electron chi connectivity index (χ3n) is 7.15. The molecule has 0 spiro atoms. The molecule has 1 aliphatic carbocycles. The summed E-state index contributed by atoms with van der Waals surface area (Å²) in [4.78, 5) is 55.4. The van der Waals surface area contributed by atoms with Crippen molar-refractivity contribution in [2.75, 3.05) is 33.3 Å². The number of ether oxygens (including phenoxy) is 1. The molecule has 0 radical (unpaired) electrons. The van der Waals surface area contributed by atoms with Crippen LogP contribution in [0.5, 0.6) is 5.75 Å². The van der Waals surface area contributed by atoms with Crippen LogP contribution in [0.1, 0.15) is 55.3 Å². The van der Waals surface area contributed by atoms with Crippen LogP contribution in [0, 0.1) is 5.92 Å². The quantitative estimate of drug-likeness (QED) is 0.675. The lowest BCUT2D eigenvalue weighted by molar-refractivity contribution is -0.148. The average Bonchev–Trinajstić information content (AvgIpc) is 2.89. The van der Waals surface area contributed by atoms with Crippen LogP contribution in [0.25, 0.3) is 0 Å². The number of benzene rings is 1. The largest absolute Gasteiger partial charge is 0.497 e. The minimum atomic E-state index is -0.819. The molecule has 4 rings (SSSR count). The molecular formula is C25H34N4O5. The summed E-state index contributed by atoms with van der Waals surface area (Å²) in [5.41, 5.74) is 0.499. The van der Waals surface area contributed by atoms with Crippen LogP contribution in [0.3, 0.4) is 0 Å². The molecule has 0 aromatic heterocycles. The molecule has 2 saturated heterocycles. The van der Waals surface area contributed by atoms with E-state index in [0.717, 1.165) is 38.5 Å². The minimum Gasteiger partial charge on any atom is -0.497 e. The van der Waals surface area contributed by atoms with Gasteiger partial charge in [-0.15, -0.1) is 0 Å². The van der Waals surface area contributed by atoms with Gasteiger partial charge in [0.25, 0.3) is 5.91 Å². The smallest absolute Gasteiger partial charge is 0.254 e. The van der Waals surface area contributed by atoms with Crippen molar-refractivity contribution in [3.8, 4) is 5.75 Å². The lowest BCUT2D eigenvalue weighted by atomic mass is 9.87. The first kappa shape index (κ1) is 24.0. The van der Waals surface area contributed by atoms with Crippen molar-refractivity contribution >= 4 is 23.6 Å². The highest BCUT2D eigenvalue weighted by Gasteiger charge is 2.40. The fourth-order valence-corrected chi connectivity index (χ4v) is 5.13. The van der Waals surface area contributed by atoms with E-state index in [9.17, 15) is 19.2 Å². The zero-order chi connectivity index (χ0) is 24.1. The lowest BCUT2D eigenvalue weighted by Gasteiger charge is -2.42. The van der Waals surface area contributed by atoms with Gasteiger partial charge in [0.2, 0.25) is 17.7 Å². The van der Waals surface area contributed by atoms with Gasteiger partial charge in [-0.2, -0.15) is 0 Å². The first-order chi connectivity index (χ1) is 16.5. The number of amides is 4. The molecule has 3 aliphatic rings. The zero-order valence-corrected chi connectivity index (χ0v) is 19.8. The maximum Gasteiger partial charge on any atom is 0.254 e. The predicted octanol–water partition coefficient (Wildman–Crippen LogP) is 1.32. The monoisotopic (exact) mass is 470 g/mol. The number of piperidine rings is 1. The van der Waals surface area contributed by atoms with Crippen molar-refractivity contribution in [2.24, 2.45) is 5.92 Å². The van der Waals surface area contributed by atoms with E-state index in [1.165, 1.54) is 0 Å². The Morgan fingerprint density at radius 3 is 2.41 bits per heavy atom. The molecule has 3 fully saturated rings. The molecule has 1 saturated carbocycles. The van der Waals surface area contributed by atoms with Crippen LogP contribution in [0.2, 0.25) is 0 Å². The van der Waals surface area contributed by atoms with Crippen LogP contribution in [-0.2, 0) is 14.4 Å². The van der Waals surface area contributed by atoms with Gasteiger partial charge in [-0.3, -0.25) is 19.2 Å². The Hall–Kier alpha value is -3.10. The number of nitrogens with zero attached hydrogens (tertiary/aromatic N) is 2. The lowest BCUT2D eigenvalue weighted by Crippen LogP contribution is -2.64. The highest BCUT2D eigenvalue weighted by atomic mass is 16.5. The van der Waals surface area contributed by atoms with Gasteiger partial charge in [-0.25, -0.2) is 0 Å². The summed E-state index contributed by atoms with van der Waals surface area (Å²) < 4.78 is 5.17. The van der Waals surface area contributed by atoms with E-state index in [2.05, 4.69) is 10.6 Å². The van der Waals surface area contributed by atoms with Crippen LogP contribution in [-0.4, -0.2) is 78.8 Å². The van der Waals surface area contributed by atoms with Gasteiger partial charge in [0.1, 0.15) is 17.8 Å². The normalized spacial score (nSPS) is 23.7. The summed E-state index contributed by atoms with van der Waals surface area (Å²) in [5.74, 6) is -0.205. The van der Waals surface area contributed by atoms with E-state index in [-0.39, 0.29) is 36.1 Å².